The van der Waals surface area contributed by atoms with E-state index >= 15 is 0 Å². The van der Waals surface area contributed by atoms with Gasteiger partial charge in [0.1, 0.15) is 0 Å². The van der Waals surface area contributed by atoms with Crippen molar-refractivity contribution in [3.05, 3.63) is 29.8 Å². The van der Waals surface area contributed by atoms with Gasteiger partial charge in [0, 0.05) is 18.7 Å². The average Bonchev–Trinajstić information content (AvgIpc) is 2.75. The third-order valence-electron chi connectivity index (χ3n) is 2.96. The third kappa shape index (κ3) is 3.69. The molecule has 2 rings (SSSR count). The van der Waals surface area contributed by atoms with Crippen LogP contribution in [-0.4, -0.2) is 29.6 Å². The fourth-order valence-electron chi connectivity index (χ4n) is 1.90. The Morgan fingerprint density at radius 1 is 1.42 bits per heavy atom. The molecule has 6 heteroatoms. The second kappa shape index (κ2) is 5.71. The van der Waals surface area contributed by atoms with Gasteiger partial charge in [-0.25, -0.2) is 4.79 Å². The molecule has 0 spiro atoms. The van der Waals surface area contributed by atoms with Crippen LogP contribution in [-0.2, 0) is 4.79 Å². The predicted octanol–water partition coefficient (Wildman–Crippen LogP) is 0.750. The van der Waals surface area contributed by atoms with Gasteiger partial charge in [-0.05, 0) is 24.6 Å². The third-order valence-corrected chi connectivity index (χ3v) is 2.96. The van der Waals surface area contributed by atoms with Crippen LogP contribution in [0.3, 0.4) is 0 Å². The molecule has 6 nitrogen and oxygen atoms in total. The van der Waals surface area contributed by atoms with Crippen molar-refractivity contribution in [3.8, 4) is 0 Å². The van der Waals surface area contributed by atoms with Gasteiger partial charge in [0.25, 0.3) is 0 Å². The summed E-state index contributed by atoms with van der Waals surface area (Å²) in [6.45, 7) is 2.15. The lowest BCUT2D eigenvalue weighted by Gasteiger charge is -2.12. The minimum Gasteiger partial charge on any atom is -0.389 e. The first kappa shape index (κ1) is 13.4. The van der Waals surface area contributed by atoms with E-state index in [1.807, 2.05) is 0 Å². The lowest BCUT2D eigenvalue weighted by molar-refractivity contribution is -0.119. The number of carbonyl (C=O) groups excluding carboxylic acids is 2. The highest BCUT2D eigenvalue weighted by atomic mass is 16.3. The van der Waals surface area contributed by atoms with Gasteiger partial charge in [-0.15, -0.1) is 0 Å². The highest BCUT2D eigenvalue weighted by molar-refractivity contribution is 5.90. The Bertz CT molecular complexity index is 471. The maximum Gasteiger partial charge on any atom is 0.319 e. The van der Waals surface area contributed by atoms with Crippen LogP contribution in [0.5, 0.6) is 0 Å². The largest absolute Gasteiger partial charge is 0.389 e. The molecule has 102 valence electrons. The van der Waals surface area contributed by atoms with Crippen LogP contribution in [0.15, 0.2) is 24.3 Å². The van der Waals surface area contributed by atoms with Crippen LogP contribution >= 0.6 is 0 Å². The van der Waals surface area contributed by atoms with E-state index in [-0.39, 0.29) is 18.0 Å². The number of benzene rings is 1. The number of urea groups is 1. The summed E-state index contributed by atoms with van der Waals surface area (Å²) < 4.78 is 0. The van der Waals surface area contributed by atoms with Gasteiger partial charge in [0.2, 0.25) is 5.91 Å². The molecule has 0 aromatic heterocycles. The number of nitrogens with one attached hydrogen (secondary N) is 3. The highest BCUT2D eigenvalue weighted by Crippen LogP contribution is 2.15. The van der Waals surface area contributed by atoms with Gasteiger partial charge < -0.3 is 21.1 Å². The molecule has 3 amide bonds. The smallest absolute Gasteiger partial charge is 0.319 e. The van der Waals surface area contributed by atoms with Crippen molar-refractivity contribution in [1.29, 1.82) is 0 Å². The lowest BCUT2D eigenvalue weighted by Crippen LogP contribution is -2.39. The monoisotopic (exact) mass is 263 g/mol. The summed E-state index contributed by atoms with van der Waals surface area (Å²) in [6.07, 6.45) is -0.215. The van der Waals surface area contributed by atoms with Crippen LogP contribution in [0, 0.1) is 0 Å². The van der Waals surface area contributed by atoms with Crippen molar-refractivity contribution < 1.29 is 14.7 Å². The molecule has 1 saturated heterocycles. The van der Waals surface area contributed by atoms with Crippen LogP contribution in [0.25, 0.3) is 0 Å². The molecule has 2 atom stereocenters. The summed E-state index contributed by atoms with van der Waals surface area (Å²) >= 11 is 0. The first-order valence-electron chi connectivity index (χ1n) is 6.17. The molecular weight excluding hydrogens is 246 g/mol. The van der Waals surface area contributed by atoms with Crippen LogP contribution < -0.4 is 16.0 Å². The molecule has 0 saturated carbocycles. The van der Waals surface area contributed by atoms with Gasteiger partial charge in [0.05, 0.1) is 12.1 Å². The molecule has 0 aliphatic carbocycles. The maximum absolute atomic E-state index is 11.7. The van der Waals surface area contributed by atoms with E-state index < -0.39 is 6.10 Å². The first-order chi connectivity index (χ1) is 9.04. The Morgan fingerprint density at radius 2 is 2.11 bits per heavy atom. The fourth-order valence-corrected chi connectivity index (χ4v) is 1.90. The SMILES string of the molecule is CC(O)c1ccc(NC(=O)NC2CNC(=O)C2)cc1. The van der Waals surface area contributed by atoms with E-state index in [9.17, 15) is 14.7 Å². The van der Waals surface area contributed by atoms with E-state index in [0.29, 0.717) is 18.7 Å². The summed E-state index contributed by atoms with van der Waals surface area (Å²) in [4.78, 5) is 22.7. The number of carbonyl (C=O) groups is 2. The van der Waals surface area contributed by atoms with Crippen molar-refractivity contribution in [2.45, 2.75) is 25.5 Å². The molecule has 4 N–H and O–H groups in total. The molecule has 1 aromatic carbocycles. The van der Waals surface area contributed by atoms with Crippen molar-refractivity contribution in [1.82, 2.24) is 10.6 Å². The number of hydrogen-bond acceptors (Lipinski definition) is 3. The normalized spacial score (nSPS) is 19.7. The minimum atomic E-state index is -0.529. The Hall–Kier alpha value is -2.08. The molecule has 0 bridgehead atoms. The standard InChI is InChI=1S/C13H17N3O3/c1-8(17)9-2-4-10(5-3-9)15-13(19)16-11-6-12(18)14-7-11/h2-5,8,11,17H,6-7H2,1H3,(H,14,18)(H2,15,16,19). The zero-order valence-corrected chi connectivity index (χ0v) is 10.6. The Kier molecular flexibility index (Phi) is 4.01. The summed E-state index contributed by atoms with van der Waals surface area (Å²) in [5.74, 6) is -0.0495. The average molecular weight is 263 g/mol. The van der Waals surface area contributed by atoms with Gasteiger partial charge in [-0.3, -0.25) is 4.79 Å². The molecule has 1 aromatic rings. The van der Waals surface area contributed by atoms with Crippen LogP contribution in [0.4, 0.5) is 10.5 Å². The molecule has 1 fully saturated rings. The molecule has 1 aliphatic heterocycles. The number of amides is 3. The zero-order valence-electron chi connectivity index (χ0n) is 10.6. The fraction of sp³-hybridized carbons (Fsp3) is 0.385. The van der Waals surface area contributed by atoms with E-state index in [2.05, 4.69) is 16.0 Å². The Morgan fingerprint density at radius 3 is 2.63 bits per heavy atom. The summed E-state index contributed by atoms with van der Waals surface area (Å²) in [6, 6.07) is 6.44. The topological polar surface area (TPSA) is 90.5 Å². The first-order valence-corrected chi connectivity index (χ1v) is 6.17. The summed E-state index contributed by atoms with van der Waals surface area (Å²) in [5.41, 5.74) is 1.43. The predicted molar refractivity (Wildman–Crippen MR) is 70.6 cm³/mol. The Balaban J connectivity index is 1.86. The molecule has 1 heterocycles. The second-order valence-electron chi connectivity index (χ2n) is 4.60. The molecule has 0 radical (unpaired) electrons. The van der Waals surface area contributed by atoms with Gasteiger partial charge >= 0.3 is 6.03 Å². The number of anilines is 1. The quantitative estimate of drug-likeness (QED) is 0.648. The number of aliphatic hydroxyl groups excluding tert-OH is 1. The zero-order chi connectivity index (χ0) is 13.8. The van der Waals surface area contributed by atoms with E-state index in [0.717, 1.165) is 5.56 Å². The van der Waals surface area contributed by atoms with Crippen molar-refractivity contribution >= 4 is 17.6 Å². The summed E-state index contributed by atoms with van der Waals surface area (Å²) in [5, 5.41) is 17.4. The van der Waals surface area contributed by atoms with E-state index in [1.54, 1.807) is 31.2 Å². The lowest BCUT2D eigenvalue weighted by atomic mass is 10.1. The van der Waals surface area contributed by atoms with E-state index in [1.165, 1.54) is 0 Å². The van der Waals surface area contributed by atoms with Gasteiger partial charge in [0.15, 0.2) is 0 Å². The van der Waals surface area contributed by atoms with Crippen molar-refractivity contribution in [3.63, 3.8) is 0 Å². The molecule has 19 heavy (non-hydrogen) atoms. The van der Waals surface area contributed by atoms with Gasteiger partial charge in [-0.1, -0.05) is 12.1 Å². The van der Waals surface area contributed by atoms with Crippen molar-refractivity contribution in [2.75, 3.05) is 11.9 Å². The van der Waals surface area contributed by atoms with Crippen LogP contribution in [0.1, 0.15) is 25.0 Å². The number of aliphatic hydroxyl groups is 1. The molecular formula is C13H17N3O3. The minimum absolute atomic E-state index is 0.0495. The molecule has 2 unspecified atom stereocenters. The number of hydrogen-bond donors (Lipinski definition) is 4. The second-order valence-corrected chi connectivity index (χ2v) is 4.60. The molecule has 1 aliphatic rings. The Labute approximate surface area is 111 Å². The van der Waals surface area contributed by atoms with Crippen molar-refractivity contribution in [2.24, 2.45) is 0 Å². The van der Waals surface area contributed by atoms with Gasteiger partial charge in [-0.2, -0.15) is 0 Å². The summed E-state index contributed by atoms with van der Waals surface area (Å²) in [7, 11) is 0. The van der Waals surface area contributed by atoms with Crippen LogP contribution in [0.2, 0.25) is 0 Å². The maximum atomic E-state index is 11.7. The highest BCUT2D eigenvalue weighted by Gasteiger charge is 2.22. The number of rotatable bonds is 3. The van der Waals surface area contributed by atoms with E-state index in [4.69, 9.17) is 0 Å².